The molecule has 0 bridgehead atoms. The molecule has 1 fully saturated rings. The Morgan fingerprint density at radius 2 is 1.77 bits per heavy atom. The number of hydrogen-bond acceptors (Lipinski definition) is 4. The van der Waals surface area contributed by atoms with Crippen LogP contribution >= 0.6 is 12.6 Å². The van der Waals surface area contributed by atoms with Crippen molar-refractivity contribution in [2.45, 2.75) is 18.6 Å². The van der Waals surface area contributed by atoms with Crippen LogP contribution in [0.5, 0.6) is 0 Å². The van der Waals surface area contributed by atoms with Crippen LogP contribution in [-0.2, 0) is 9.47 Å². The zero-order valence-corrected chi connectivity index (χ0v) is 9.30. The summed E-state index contributed by atoms with van der Waals surface area (Å²) < 4.78 is 10.7. The molecule has 1 rings (SSSR count). The predicted molar refractivity (Wildman–Crippen MR) is 56.5 cm³/mol. The van der Waals surface area contributed by atoms with Gasteiger partial charge in [-0.1, -0.05) is 0 Å². The zero-order valence-electron chi connectivity index (χ0n) is 8.40. The molecule has 3 nitrogen and oxygen atoms in total. The van der Waals surface area contributed by atoms with E-state index in [-0.39, 0.29) is 12.2 Å². The highest BCUT2D eigenvalue weighted by Gasteiger charge is 2.32. The Hall–Kier alpha value is 0.230. The van der Waals surface area contributed by atoms with E-state index in [1.54, 1.807) is 14.2 Å². The molecule has 4 heteroatoms. The molecule has 1 aliphatic rings. The van der Waals surface area contributed by atoms with Gasteiger partial charge in [0.2, 0.25) is 0 Å². The molecule has 0 saturated carbocycles. The van der Waals surface area contributed by atoms with Crippen LogP contribution in [0.2, 0.25) is 0 Å². The van der Waals surface area contributed by atoms with Gasteiger partial charge in [-0.2, -0.15) is 12.6 Å². The second-order valence-electron chi connectivity index (χ2n) is 3.39. The molecule has 1 saturated heterocycles. The van der Waals surface area contributed by atoms with Gasteiger partial charge >= 0.3 is 0 Å². The van der Waals surface area contributed by atoms with E-state index < -0.39 is 0 Å². The number of likely N-dealkylation sites (tertiary alicyclic amines) is 1. The third kappa shape index (κ3) is 3.13. The molecule has 0 N–H and O–H groups in total. The van der Waals surface area contributed by atoms with E-state index in [1.165, 1.54) is 0 Å². The van der Waals surface area contributed by atoms with Gasteiger partial charge in [0.1, 0.15) is 0 Å². The van der Waals surface area contributed by atoms with Crippen molar-refractivity contribution in [2.24, 2.45) is 0 Å². The Kier molecular flexibility index (Phi) is 5.09. The predicted octanol–water partition coefficient (Wildman–Crippen LogP) is 0.652. The SMILES string of the molecule is COC1CN(CCCS)CC1OC. The van der Waals surface area contributed by atoms with Crippen molar-refractivity contribution in [3.8, 4) is 0 Å². The van der Waals surface area contributed by atoms with E-state index >= 15 is 0 Å². The average Bonchev–Trinajstić information content (AvgIpc) is 2.57. The molecule has 1 aliphatic heterocycles. The standard InChI is InChI=1S/C9H19NO2S/c1-11-8-6-10(4-3-5-13)7-9(8)12-2/h8-9,13H,3-7H2,1-2H3. The lowest BCUT2D eigenvalue weighted by Crippen LogP contribution is -2.27. The van der Waals surface area contributed by atoms with Crippen LogP contribution in [0.1, 0.15) is 6.42 Å². The third-order valence-corrected chi connectivity index (χ3v) is 2.85. The van der Waals surface area contributed by atoms with Gasteiger partial charge < -0.3 is 9.47 Å². The summed E-state index contributed by atoms with van der Waals surface area (Å²) in [5.74, 6) is 0.950. The second kappa shape index (κ2) is 5.86. The maximum absolute atomic E-state index is 5.34. The molecular weight excluding hydrogens is 186 g/mol. The summed E-state index contributed by atoms with van der Waals surface area (Å²) in [7, 11) is 3.50. The molecule has 2 unspecified atom stereocenters. The Balaban J connectivity index is 2.30. The van der Waals surface area contributed by atoms with Gasteiger partial charge in [0, 0.05) is 27.3 Å². The topological polar surface area (TPSA) is 21.7 Å². The third-order valence-electron chi connectivity index (χ3n) is 2.53. The van der Waals surface area contributed by atoms with Crippen molar-refractivity contribution >= 4 is 12.6 Å². The summed E-state index contributed by atoms with van der Waals surface area (Å²) in [6, 6.07) is 0. The molecule has 0 amide bonds. The molecule has 13 heavy (non-hydrogen) atoms. The minimum absolute atomic E-state index is 0.241. The van der Waals surface area contributed by atoms with E-state index in [1.807, 2.05) is 0 Å². The van der Waals surface area contributed by atoms with Gasteiger partial charge in [-0.3, -0.25) is 4.90 Å². The van der Waals surface area contributed by atoms with E-state index in [4.69, 9.17) is 9.47 Å². The average molecular weight is 205 g/mol. The van der Waals surface area contributed by atoms with Crippen LogP contribution in [0, 0.1) is 0 Å². The first-order valence-corrected chi connectivity index (χ1v) is 5.34. The minimum atomic E-state index is 0.241. The van der Waals surface area contributed by atoms with Gasteiger partial charge in [0.15, 0.2) is 0 Å². The van der Waals surface area contributed by atoms with Crippen molar-refractivity contribution in [2.75, 3.05) is 39.6 Å². The smallest absolute Gasteiger partial charge is 0.0971 e. The molecule has 0 aromatic carbocycles. The number of hydrogen-bond donors (Lipinski definition) is 1. The van der Waals surface area contributed by atoms with E-state index in [9.17, 15) is 0 Å². The van der Waals surface area contributed by atoms with Gasteiger partial charge in [0.05, 0.1) is 12.2 Å². The number of nitrogens with zero attached hydrogens (tertiary/aromatic N) is 1. The van der Waals surface area contributed by atoms with Crippen molar-refractivity contribution in [3.05, 3.63) is 0 Å². The first-order valence-electron chi connectivity index (χ1n) is 4.70. The minimum Gasteiger partial charge on any atom is -0.377 e. The molecule has 2 atom stereocenters. The Bertz CT molecular complexity index is 134. The molecule has 0 radical (unpaired) electrons. The van der Waals surface area contributed by atoms with Crippen molar-refractivity contribution in [3.63, 3.8) is 0 Å². The first-order chi connectivity index (χ1) is 6.31. The maximum atomic E-state index is 5.34. The van der Waals surface area contributed by atoms with Gasteiger partial charge in [-0.05, 0) is 18.7 Å². The van der Waals surface area contributed by atoms with E-state index in [2.05, 4.69) is 17.5 Å². The Morgan fingerprint density at radius 1 is 1.23 bits per heavy atom. The zero-order chi connectivity index (χ0) is 9.68. The lowest BCUT2D eigenvalue weighted by molar-refractivity contribution is -0.00461. The Morgan fingerprint density at radius 3 is 2.15 bits per heavy atom. The molecule has 0 aliphatic carbocycles. The van der Waals surface area contributed by atoms with Crippen LogP contribution in [0.3, 0.4) is 0 Å². The first kappa shape index (κ1) is 11.3. The Labute approximate surface area is 85.8 Å². The van der Waals surface area contributed by atoms with Crippen LogP contribution in [0.4, 0.5) is 0 Å². The van der Waals surface area contributed by atoms with Gasteiger partial charge in [-0.25, -0.2) is 0 Å². The van der Waals surface area contributed by atoms with Crippen LogP contribution in [0.15, 0.2) is 0 Å². The lowest BCUT2D eigenvalue weighted by atomic mass is 10.3. The summed E-state index contributed by atoms with van der Waals surface area (Å²) in [6.45, 7) is 3.08. The fourth-order valence-corrected chi connectivity index (χ4v) is 1.89. The summed E-state index contributed by atoms with van der Waals surface area (Å²) >= 11 is 4.19. The number of rotatable bonds is 5. The van der Waals surface area contributed by atoms with E-state index in [0.29, 0.717) is 0 Å². The highest BCUT2D eigenvalue weighted by molar-refractivity contribution is 7.80. The normalized spacial score (nSPS) is 29.8. The molecular formula is C9H19NO2S. The molecule has 1 heterocycles. The van der Waals surface area contributed by atoms with Crippen LogP contribution in [-0.4, -0.2) is 56.7 Å². The lowest BCUT2D eigenvalue weighted by Gasteiger charge is -2.13. The number of thiol groups is 1. The van der Waals surface area contributed by atoms with E-state index in [0.717, 1.165) is 31.8 Å². The van der Waals surface area contributed by atoms with Gasteiger partial charge in [0.25, 0.3) is 0 Å². The van der Waals surface area contributed by atoms with Crippen molar-refractivity contribution in [1.82, 2.24) is 4.90 Å². The van der Waals surface area contributed by atoms with Crippen molar-refractivity contribution in [1.29, 1.82) is 0 Å². The largest absolute Gasteiger partial charge is 0.377 e. The maximum Gasteiger partial charge on any atom is 0.0971 e. The quantitative estimate of drug-likeness (QED) is 0.666. The molecule has 0 aromatic rings. The van der Waals surface area contributed by atoms with Crippen molar-refractivity contribution < 1.29 is 9.47 Å². The van der Waals surface area contributed by atoms with Crippen LogP contribution < -0.4 is 0 Å². The monoisotopic (exact) mass is 205 g/mol. The fourth-order valence-electron chi connectivity index (χ4n) is 1.75. The highest BCUT2D eigenvalue weighted by Crippen LogP contribution is 2.15. The molecule has 0 spiro atoms. The summed E-state index contributed by atoms with van der Waals surface area (Å²) in [5, 5.41) is 0. The molecule has 0 aromatic heterocycles. The highest BCUT2D eigenvalue weighted by atomic mass is 32.1. The fraction of sp³-hybridized carbons (Fsp3) is 1.00. The number of ether oxygens (including phenoxy) is 2. The van der Waals surface area contributed by atoms with Gasteiger partial charge in [-0.15, -0.1) is 0 Å². The summed E-state index contributed by atoms with van der Waals surface area (Å²) in [4.78, 5) is 2.37. The summed E-state index contributed by atoms with van der Waals surface area (Å²) in [5.41, 5.74) is 0. The summed E-state index contributed by atoms with van der Waals surface area (Å²) in [6.07, 6.45) is 1.62. The van der Waals surface area contributed by atoms with Crippen LogP contribution in [0.25, 0.3) is 0 Å². The second-order valence-corrected chi connectivity index (χ2v) is 3.83. The molecule has 78 valence electrons. The number of methoxy groups -OCH3 is 2.